The van der Waals surface area contributed by atoms with Gasteiger partial charge >= 0.3 is 0 Å². The molecule has 0 bridgehead atoms. The van der Waals surface area contributed by atoms with Gasteiger partial charge < -0.3 is 9.47 Å². The molecule has 1 aliphatic heterocycles. The van der Waals surface area contributed by atoms with Crippen LogP contribution in [0.5, 0.6) is 11.5 Å². The van der Waals surface area contributed by atoms with Crippen molar-refractivity contribution in [2.24, 2.45) is 0 Å². The Morgan fingerprint density at radius 3 is 2.57 bits per heavy atom. The summed E-state index contributed by atoms with van der Waals surface area (Å²) in [5.74, 6) is 0.0571. The number of ketones is 1. The first-order chi connectivity index (χ1) is 14.4. The summed E-state index contributed by atoms with van der Waals surface area (Å²) in [6, 6.07) is 9.52. The molecule has 5 nitrogen and oxygen atoms in total. The quantitative estimate of drug-likeness (QED) is 0.684. The number of hydrogen-bond acceptors (Lipinski definition) is 4. The standard InChI is InChI=1S/C23H21ClFNO4/c1-29-14-7-9-21(30-2)15(11-14)16-12-22(28)26(13-6-8-18(25)17(24)10-13)19-4-3-5-20(27)23(16)19/h6-11,16H,3-5,12H2,1-2H3/t16-/m1/s1. The van der Waals surface area contributed by atoms with E-state index < -0.39 is 11.7 Å². The highest BCUT2D eigenvalue weighted by Gasteiger charge is 2.40. The van der Waals surface area contributed by atoms with E-state index in [1.165, 1.54) is 23.1 Å². The molecule has 1 amide bonds. The number of amides is 1. The molecule has 30 heavy (non-hydrogen) atoms. The lowest BCUT2D eigenvalue weighted by molar-refractivity contribution is -0.119. The molecule has 7 heteroatoms. The van der Waals surface area contributed by atoms with E-state index >= 15 is 0 Å². The van der Waals surface area contributed by atoms with Crippen molar-refractivity contribution in [2.45, 2.75) is 31.6 Å². The van der Waals surface area contributed by atoms with Gasteiger partial charge in [-0.05, 0) is 49.2 Å². The molecule has 1 aliphatic carbocycles. The Bertz CT molecular complexity index is 1070. The van der Waals surface area contributed by atoms with Gasteiger partial charge in [0, 0.05) is 35.6 Å². The van der Waals surface area contributed by atoms with Crippen LogP contribution in [-0.2, 0) is 9.59 Å². The van der Waals surface area contributed by atoms with Gasteiger partial charge in [0.2, 0.25) is 5.91 Å². The zero-order valence-corrected chi connectivity index (χ0v) is 17.5. The van der Waals surface area contributed by atoms with Gasteiger partial charge in [0.25, 0.3) is 0 Å². The molecule has 2 aromatic carbocycles. The molecule has 156 valence electrons. The summed E-state index contributed by atoms with van der Waals surface area (Å²) in [4.78, 5) is 27.8. The summed E-state index contributed by atoms with van der Waals surface area (Å²) in [5, 5.41) is -0.0684. The van der Waals surface area contributed by atoms with Crippen molar-refractivity contribution in [1.29, 1.82) is 0 Å². The first-order valence-corrected chi connectivity index (χ1v) is 10.1. The van der Waals surface area contributed by atoms with Crippen LogP contribution < -0.4 is 14.4 Å². The van der Waals surface area contributed by atoms with E-state index in [1.807, 2.05) is 6.07 Å². The highest BCUT2D eigenvalue weighted by molar-refractivity contribution is 6.31. The number of hydrogen-bond donors (Lipinski definition) is 0. The molecule has 0 radical (unpaired) electrons. The first kappa shape index (κ1) is 20.4. The number of methoxy groups -OCH3 is 2. The van der Waals surface area contributed by atoms with E-state index in [0.29, 0.717) is 47.7 Å². The lowest BCUT2D eigenvalue weighted by Crippen LogP contribution is -2.40. The Labute approximate surface area is 179 Å². The summed E-state index contributed by atoms with van der Waals surface area (Å²) < 4.78 is 24.5. The van der Waals surface area contributed by atoms with Crippen LogP contribution in [0.2, 0.25) is 5.02 Å². The molecular weight excluding hydrogens is 409 g/mol. The minimum Gasteiger partial charge on any atom is -0.497 e. The summed E-state index contributed by atoms with van der Waals surface area (Å²) in [6.07, 6.45) is 1.74. The predicted octanol–water partition coefficient (Wildman–Crippen LogP) is 5.02. The van der Waals surface area contributed by atoms with Crippen molar-refractivity contribution in [3.63, 3.8) is 0 Å². The third-order valence-corrected chi connectivity index (χ3v) is 5.94. The summed E-state index contributed by atoms with van der Waals surface area (Å²) in [5.41, 5.74) is 2.46. The third-order valence-electron chi connectivity index (χ3n) is 5.65. The normalized spacial score (nSPS) is 19.1. The van der Waals surface area contributed by atoms with Crippen molar-refractivity contribution >= 4 is 29.0 Å². The molecule has 0 spiro atoms. The summed E-state index contributed by atoms with van der Waals surface area (Å²) in [7, 11) is 3.12. The monoisotopic (exact) mass is 429 g/mol. The molecule has 0 N–H and O–H groups in total. The average molecular weight is 430 g/mol. The first-order valence-electron chi connectivity index (χ1n) is 9.70. The van der Waals surface area contributed by atoms with Crippen LogP contribution in [0.25, 0.3) is 0 Å². The van der Waals surface area contributed by atoms with Crippen LogP contribution in [-0.4, -0.2) is 25.9 Å². The van der Waals surface area contributed by atoms with Crippen molar-refractivity contribution in [2.75, 3.05) is 19.1 Å². The topological polar surface area (TPSA) is 55.8 Å². The molecule has 0 saturated heterocycles. The molecule has 1 atom stereocenters. The number of anilines is 1. The van der Waals surface area contributed by atoms with E-state index in [1.54, 1.807) is 26.4 Å². The Hall–Kier alpha value is -2.86. The van der Waals surface area contributed by atoms with Gasteiger partial charge in [-0.2, -0.15) is 0 Å². The number of rotatable bonds is 4. The van der Waals surface area contributed by atoms with Gasteiger partial charge in [0.05, 0.1) is 24.9 Å². The predicted molar refractivity (Wildman–Crippen MR) is 112 cm³/mol. The molecular formula is C23H21ClFNO4. The average Bonchev–Trinajstić information content (AvgIpc) is 2.75. The molecule has 0 saturated carbocycles. The fraction of sp³-hybridized carbons (Fsp3) is 0.304. The van der Waals surface area contributed by atoms with Gasteiger partial charge in [0.15, 0.2) is 5.78 Å². The smallest absolute Gasteiger partial charge is 0.232 e. The molecule has 0 fully saturated rings. The summed E-state index contributed by atoms with van der Waals surface area (Å²) >= 11 is 5.96. The van der Waals surface area contributed by atoms with E-state index in [9.17, 15) is 14.0 Å². The minimum absolute atomic E-state index is 0.0110. The van der Waals surface area contributed by atoms with Crippen molar-refractivity contribution in [3.8, 4) is 11.5 Å². The lowest BCUT2D eigenvalue weighted by Gasteiger charge is -2.38. The number of ether oxygens (including phenoxy) is 2. The lowest BCUT2D eigenvalue weighted by atomic mass is 9.76. The van der Waals surface area contributed by atoms with Crippen molar-refractivity contribution in [3.05, 3.63) is 64.1 Å². The second kappa shape index (κ2) is 8.11. The molecule has 4 rings (SSSR count). The second-order valence-electron chi connectivity index (χ2n) is 7.33. The second-order valence-corrected chi connectivity index (χ2v) is 7.74. The number of carbonyl (C=O) groups excluding carboxylic acids is 2. The zero-order chi connectivity index (χ0) is 21.4. The summed E-state index contributed by atoms with van der Waals surface area (Å²) in [6.45, 7) is 0. The Balaban J connectivity index is 1.89. The van der Waals surface area contributed by atoms with Crippen LogP contribution in [0.3, 0.4) is 0 Å². The number of Topliss-reactive ketones (excluding diaryl/α,β-unsaturated/α-hetero) is 1. The Kier molecular flexibility index (Phi) is 5.52. The van der Waals surface area contributed by atoms with Crippen molar-refractivity contribution < 1.29 is 23.5 Å². The number of allylic oxidation sites excluding steroid dienone is 2. The van der Waals surface area contributed by atoms with E-state index in [4.69, 9.17) is 21.1 Å². The van der Waals surface area contributed by atoms with Gasteiger partial charge in [0.1, 0.15) is 17.3 Å². The SMILES string of the molecule is COc1ccc(OC)c([C@H]2CC(=O)N(c3ccc(F)c(Cl)c3)C3=C2C(=O)CCC3)c1. The van der Waals surface area contributed by atoms with E-state index in [2.05, 4.69) is 0 Å². The van der Waals surface area contributed by atoms with Gasteiger partial charge in [-0.25, -0.2) is 4.39 Å². The largest absolute Gasteiger partial charge is 0.497 e. The zero-order valence-electron chi connectivity index (χ0n) is 16.7. The van der Waals surface area contributed by atoms with E-state index in [0.717, 1.165) is 5.56 Å². The van der Waals surface area contributed by atoms with Crippen LogP contribution in [0.15, 0.2) is 47.7 Å². The number of halogens is 2. The minimum atomic E-state index is -0.558. The van der Waals surface area contributed by atoms with Gasteiger partial charge in [-0.15, -0.1) is 0 Å². The third kappa shape index (κ3) is 3.45. The maximum Gasteiger partial charge on any atom is 0.232 e. The van der Waals surface area contributed by atoms with E-state index in [-0.39, 0.29) is 23.1 Å². The highest BCUT2D eigenvalue weighted by Crippen LogP contribution is 2.46. The Morgan fingerprint density at radius 1 is 1.07 bits per heavy atom. The van der Waals surface area contributed by atoms with Crippen LogP contribution in [0.1, 0.15) is 37.2 Å². The van der Waals surface area contributed by atoms with Gasteiger partial charge in [-0.3, -0.25) is 14.5 Å². The maximum absolute atomic E-state index is 13.7. The van der Waals surface area contributed by atoms with Gasteiger partial charge in [-0.1, -0.05) is 11.6 Å². The number of carbonyl (C=O) groups is 2. The van der Waals surface area contributed by atoms with Crippen LogP contribution in [0, 0.1) is 5.82 Å². The highest BCUT2D eigenvalue weighted by atomic mass is 35.5. The molecule has 0 aromatic heterocycles. The maximum atomic E-state index is 13.7. The fourth-order valence-corrected chi connectivity index (χ4v) is 4.47. The van der Waals surface area contributed by atoms with Crippen LogP contribution >= 0.6 is 11.6 Å². The Morgan fingerprint density at radius 2 is 1.87 bits per heavy atom. The molecule has 2 aromatic rings. The molecule has 0 unspecified atom stereocenters. The number of nitrogens with zero attached hydrogens (tertiary/aromatic N) is 1. The molecule has 1 heterocycles. The van der Waals surface area contributed by atoms with Crippen molar-refractivity contribution in [1.82, 2.24) is 0 Å². The molecule has 2 aliphatic rings. The van der Waals surface area contributed by atoms with Crippen LogP contribution in [0.4, 0.5) is 10.1 Å². The fourth-order valence-electron chi connectivity index (χ4n) is 4.29. The number of benzene rings is 2.